The zero-order chi connectivity index (χ0) is 40.0. The summed E-state index contributed by atoms with van der Waals surface area (Å²) in [4.78, 5) is 0. The molecule has 282 valence electrons. The summed E-state index contributed by atoms with van der Waals surface area (Å²) in [6.45, 7) is 0. The van der Waals surface area contributed by atoms with Gasteiger partial charge in [0.15, 0.2) is 0 Å². The molecular weight excluding hydrogens is 753 g/mol. The molecule has 0 bridgehead atoms. The van der Waals surface area contributed by atoms with E-state index in [4.69, 9.17) is 0 Å². The third kappa shape index (κ3) is 5.24. The average Bonchev–Trinajstić information content (AvgIpc) is 3.71. The monoisotopic (exact) mass is 788 g/mol. The second-order valence-corrected chi connectivity index (χ2v) is 17.4. The molecule has 0 saturated heterocycles. The first-order chi connectivity index (χ1) is 30.3. The third-order valence-corrected chi connectivity index (χ3v) is 14.2. The summed E-state index contributed by atoms with van der Waals surface area (Å²) in [5.74, 6) is 0. The summed E-state index contributed by atoms with van der Waals surface area (Å²) in [5.41, 5.74) is 9.91. The molecule has 0 aliphatic carbocycles. The highest BCUT2D eigenvalue weighted by molar-refractivity contribution is 7.25. The van der Waals surface area contributed by atoms with Crippen molar-refractivity contribution in [3.05, 3.63) is 218 Å². The number of hydrogen-bond acceptors (Lipinski definition) is 1. The predicted molar refractivity (Wildman–Crippen MR) is 266 cm³/mol. The summed E-state index contributed by atoms with van der Waals surface area (Å²) in [5, 5.41) is 18.0. The highest BCUT2D eigenvalue weighted by Crippen LogP contribution is 2.47. The highest BCUT2D eigenvalue weighted by atomic mass is 32.1. The lowest BCUT2D eigenvalue weighted by molar-refractivity contribution is 1.63. The first-order valence-corrected chi connectivity index (χ1v) is 21.9. The van der Waals surface area contributed by atoms with E-state index in [2.05, 4.69) is 218 Å². The van der Waals surface area contributed by atoms with Crippen molar-refractivity contribution < 1.29 is 0 Å². The van der Waals surface area contributed by atoms with E-state index >= 15 is 0 Å². The normalized spacial score (nSPS) is 11.9. The van der Waals surface area contributed by atoms with Gasteiger partial charge >= 0.3 is 0 Å². The molecule has 0 aliphatic rings. The second-order valence-electron chi connectivity index (χ2n) is 16.3. The highest BCUT2D eigenvalue weighted by Gasteiger charge is 2.19. The first-order valence-electron chi connectivity index (χ1n) is 21.1. The summed E-state index contributed by atoms with van der Waals surface area (Å²) >= 11 is 1.87. The van der Waals surface area contributed by atoms with Crippen molar-refractivity contribution >= 4 is 96.1 Å². The first kappa shape index (κ1) is 34.3. The lowest BCUT2D eigenvalue weighted by Crippen LogP contribution is -1.92. The molecule has 0 amide bonds. The van der Waals surface area contributed by atoms with Crippen LogP contribution in [0.1, 0.15) is 0 Å². The van der Waals surface area contributed by atoms with Crippen LogP contribution in [-0.4, -0.2) is 0 Å². The summed E-state index contributed by atoms with van der Waals surface area (Å²) in [7, 11) is 0. The Labute approximate surface area is 357 Å². The van der Waals surface area contributed by atoms with E-state index in [1.807, 2.05) is 11.3 Å². The second kappa shape index (κ2) is 13.5. The van der Waals surface area contributed by atoms with Crippen LogP contribution in [0.3, 0.4) is 0 Å². The third-order valence-electron chi connectivity index (χ3n) is 13.0. The topological polar surface area (TPSA) is 0 Å². The fourth-order valence-corrected chi connectivity index (χ4v) is 11.4. The zero-order valence-electron chi connectivity index (χ0n) is 33.2. The Bertz CT molecular complexity index is 3880. The van der Waals surface area contributed by atoms with Gasteiger partial charge in [0.05, 0.1) is 0 Å². The van der Waals surface area contributed by atoms with Gasteiger partial charge in [0.25, 0.3) is 0 Å². The van der Waals surface area contributed by atoms with Crippen molar-refractivity contribution in [1.29, 1.82) is 0 Å². The molecular formula is C60H36S. The van der Waals surface area contributed by atoms with Gasteiger partial charge < -0.3 is 0 Å². The van der Waals surface area contributed by atoms with Crippen molar-refractivity contribution in [2.75, 3.05) is 0 Å². The summed E-state index contributed by atoms with van der Waals surface area (Å²) < 4.78 is 2.66. The van der Waals surface area contributed by atoms with E-state index in [0.717, 1.165) is 0 Å². The molecule has 12 aromatic carbocycles. The molecule has 0 aliphatic heterocycles. The minimum Gasteiger partial charge on any atom is -0.135 e. The van der Waals surface area contributed by atoms with Crippen LogP contribution in [0.4, 0.5) is 0 Å². The fraction of sp³-hybridized carbons (Fsp3) is 0. The Morgan fingerprint density at radius 2 is 0.623 bits per heavy atom. The number of rotatable bonds is 4. The fourth-order valence-electron chi connectivity index (χ4n) is 10.4. The Morgan fingerprint density at radius 3 is 1.25 bits per heavy atom. The molecule has 0 nitrogen and oxygen atoms in total. The molecule has 0 radical (unpaired) electrons. The average molecular weight is 789 g/mol. The smallest absolute Gasteiger partial charge is 0.0355 e. The Hall–Kier alpha value is -7.58. The Kier molecular flexibility index (Phi) is 7.58. The van der Waals surface area contributed by atoms with Crippen LogP contribution in [-0.2, 0) is 0 Å². The maximum Gasteiger partial charge on any atom is 0.0355 e. The molecule has 0 saturated carbocycles. The standard InChI is InChI=1S/C60H36S/c1-2-21-44-42(19-1)43-20-3-5-24-47(43)60-48-25-6-4-22-45(48)53(36-55(44)60)39-16-14-18-41(34-39)59-51-28-9-7-26-49(51)58(50-27-8-10-29-52(50)59)40-17-13-15-37(33-40)38-31-32-57-54(35-38)46-23-11-12-30-56(46)61-57/h1-36H. The maximum atomic E-state index is 2.45. The van der Waals surface area contributed by atoms with Gasteiger partial charge in [0.1, 0.15) is 0 Å². The molecule has 0 N–H and O–H groups in total. The molecule has 13 aromatic rings. The molecule has 1 aromatic heterocycles. The van der Waals surface area contributed by atoms with Gasteiger partial charge in [-0.3, -0.25) is 0 Å². The quantitative estimate of drug-likeness (QED) is 0.123. The van der Waals surface area contributed by atoms with Crippen LogP contribution >= 0.6 is 11.3 Å². The predicted octanol–water partition coefficient (Wildman–Crippen LogP) is 17.6. The molecule has 0 atom stereocenters. The van der Waals surface area contributed by atoms with E-state index < -0.39 is 0 Å². The molecule has 61 heavy (non-hydrogen) atoms. The molecule has 13 rings (SSSR count). The van der Waals surface area contributed by atoms with E-state index in [9.17, 15) is 0 Å². The maximum absolute atomic E-state index is 2.45. The zero-order valence-corrected chi connectivity index (χ0v) is 34.0. The molecule has 1 heterocycles. The van der Waals surface area contributed by atoms with E-state index in [-0.39, 0.29) is 0 Å². The van der Waals surface area contributed by atoms with E-state index in [1.165, 1.54) is 129 Å². The lowest BCUT2D eigenvalue weighted by Gasteiger charge is -2.19. The van der Waals surface area contributed by atoms with Gasteiger partial charge in [-0.2, -0.15) is 0 Å². The van der Waals surface area contributed by atoms with Crippen molar-refractivity contribution in [3.8, 4) is 44.5 Å². The molecule has 1 heteroatoms. The van der Waals surface area contributed by atoms with Crippen molar-refractivity contribution in [1.82, 2.24) is 0 Å². The Balaban J connectivity index is 1.02. The van der Waals surface area contributed by atoms with Crippen LogP contribution in [0, 0.1) is 0 Å². The van der Waals surface area contributed by atoms with Gasteiger partial charge in [-0.25, -0.2) is 0 Å². The van der Waals surface area contributed by atoms with Crippen molar-refractivity contribution in [3.63, 3.8) is 0 Å². The number of fused-ring (bicyclic) bond motifs is 13. The summed E-state index contributed by atoms with van der Waals surface area (Å²) in [6.07, 6.45) is 0. The Morgan fingerprint density at radius 1 is 0.213 bits per heavy atom. The van der Waals surface area contributed by atoms with Gasteiger partial charge in [-0.1, -0.05) is 182 Å². The largest absolute Gasteiger partial charge is 0.135 e. The number of benzene rings is 12. The van der Waals surface area contributed by atoms with Gasteiger partial charge in [-0.15, -0.1) is 11.3 Å². The van der Waals surface area contributed by atoms with Gasteiger partial charge in [0.2, 0.25) is 0 Å². The summed E-state index contributed by atoms with van der Waals surface area (Å²) in [6, 6.07) is 81.4. The van der Waals surface area contributed by atoms with Crippen LogP contribution in [0.15, 0.2) is 218 Å². The van der Waals surface area contributed by atoms with E-state index in [0.29, 0.717) is 0 Å². The minimum atomic E-state index is 1.22. The number of thiophene rings is 1. The van der Waals surface area contributed by atoms with Crippen molar-refractivity contribution in [2.45, 2.75) is 0 Å². The van der Waals surface area contributed by atoms with Gasteiger partial charge in [-0.05, 0) is 146 Å². The van der Waals surface area contributed by atoms with Crippen molar-refractivity contribution in [2.24, 2.45) is 0 Å². The van der Waals surface area contributed by atoms with Crippen LogP contribution in [0.5, 0.6) is 0 Å². The van der Waals surface area contributed by atoms with Crippen LogP contribution in [0.25, 0.3) is 129 Å². The van der Waals surface area contributed by atoms with Crippen LogP contribution in [0.2, 0.25) is 0 Å². The SMILES string of the molecule is c1cc(-c2ccc3sc4ccccc4c3c2)cc(-c2c3ccccc3c(-c3cccc(-c4cc5c6ccccc6c6ccccc6c5c5ccccc45)c3)c3ccccc23)c1. The minimum absolute atomic E-state index is 1.22. The lowest BCUT2D eigenvalue weighted by atomic mass is 9.84. The molecule has 0 unspecified atom stereocenters. The number of hydrogen-bond donors (Lipinski definition) is 0. The molecule has 0 spiro atoms. The van der Waals surface area contributed by atoms with E-state index in [1.54, 1.807) is 0 Å². The van der Waals surface area contributed by atoms with Crippen LogP contribution < -0.4 is 0 Å². The molecule has 0 fully saturated rings. The van der Waals surface area contributed by atoms with Gasteiger partial charge in [0, 0.05) is 20.2 Å².